The Bertz CT molecular complexity index is 526. The lowest BCUT2D eigenvalue weighted by atomic mass is 10.1. The van der Waals surface area contributed by atoms with Gasteiger partial charge in [-0.2, -0.15) is 0 Å². The molecule has 1 amide bonds. The monoisotopic (exact) mass is 338 g/mol. The second-order valence-electron chi connectivity index (χ2n) is 4.23. The number of hydrogen-bond donors (Lipinski definition) is 0. The third-order valence-corrected chi connectivity index (χ3v) is 3.31. The average Bonchev–Trinajstić information content (AvgIpc) is 2.48. The zero-order chi connectivity index (χ0) is 14.4. The molecular weight excluding hydrogens is 324 g/mol. The molecule has 0 radical (unpaired) electrons. The first-order valence-electron chi connectivity index (χ1n) is 6.17. The van der Waals surface area contributed by atoms with Gasteiger partial charge in [-0.05, 0) is 36.3 Å². The summed E-state index contributed by atoms with van der Waals surface area (Å²) in [7, 11) is 1.49. The molecule has 6 heteroatoms. The molecule has 0 atom stereocenters. The van der Waals surface area contributed by atoms with Crippen LogP contribution < -0.4 is 4.74 Å². The summed E-state index contributed by atoms with van der Waals surface area (Å²) in [6.07, 6.45) is 4.06. The molecule has 0 spiro atoms. The molecule has 20 heavy (non-hydrogen) atoms. The fourth-order valence-corrected chi connectivity index (χ4v) is 2.07. The van der Waals surface area contributed by atoms with Crippen molar-refractivity contribution in [2.75, 3.05) is 20.2 Å². The van der Waals surface area contributed by atoms with Gasteiger partial charge in [-0.3, -0.25) is 0 Å². The Kier molecular flexibility index (Phi) is 5.17. The van der Waals surface area contributed by atoms with Gasteiger partial charge in [0, 0.05) is 11.0 Å². The highest BCUT2D eigenvalue weighted by atomic mass is 79.9. The summed E-state index contributed by atoms with van der Waals surface area (Å²) >= 11 is 3.34. The minimum atomic E-state index is -0.358. The Balaban J connectivity index is 1.94. The van der Waals surface area contributed by atoms with Crippen LogP contribution in [-0.2, 0) is 4.84 Å². The van der Waals surface area contributed by atoms with Gasteiger partial charge in [-0.15, -0.1) is 0 Å². The molecule has 0 fully saturated rings. The van der Waals surface area contributed by atoms with E-state index in [1.807, 2.05) is 18.2 Å². The second-order valence-corrected chi connectivity index (χ2v) is 5.14. The average molecular weight is 339 g/mol. The van der Waals surface area contributed by atoms with Gasteiger partial charge in [0.2, 0.25) is 0 Å². The van der Waals surface area contributed by atoms with Crippen molar-refractivity contribution in [1.29, 1.82) is 0 Å². The molecular formula is C14H15BrN2O3. The third-order valence-electron chi connectivity index (χ3n) is 2.78. The summed E-state index contributed by atoms with van der Waals surface area (Å²) in [4.78, 5) is 18.3. The molecule has 0 aliphatic carbocycles. The number of carbonyl (C=O) groups excluding carboxylic acids is 1. The molecule has 1 aromatic carbocycles. The zero-order valence-electron chi connectivity index (χ0n) is 11.1. The number of oxime groups is 1. The zero-order valence-corrected chi connectivity index (χ0v) is 12.7. The van der Waals surface area contributed by atoms with Crippen LogP contribution in [0.2, 0.25) is 0 Å². The highest BCUT2D eigenvalue weighted by molar-refractivity contribution is 9.10. The van der Waals surface area contributed by atoms with Crippen molar-refractivity contribution in [1.82, 2.24) is 4.90 Å². The number of amides is 1. The number of carbonyl (C=O) groups is 1. The molecule has 5 nitrogen and oxygen atoms in total. The lowest BCUT2D eigenvalue weighted by Gasteiger charge is -2.25. The van der Waals surface area contributed by atoms with Gasteiger partial charge in [0.25, 0.3) is 0 Å². The van der Waals surface area contributed by atoms with Gasteiger partial charge in [-0.25, -0.2) is 4.79 Å². The van der Waals surface area contributed by atoms with Crippen LogP contribution in [0.3, 0.4) is 0 Å². The van der Waals surface area contributed by atoms with Gasteiger partial charge >= 0.3 is 6.09 Å². The van der Waals surface area contributed by atoms with Crippen LogP contribution in [0.1, 0.15) is 6.42 Å². The number of hydrogen-bond acceptors (Lipinski definition) is 4. The lowest BCUT2D eigenvalue weighted by Crippen LogP contribution is -2.38. The predicted octanol–water partition coefficient (Wildman–Crippen LogP) is 3.21. The topological polar surface area (TPSA) is 51.1 Å². The molecule has 0 unspecified atom stereocenters. The van der Waals surface area contributed by atoms with Crippen molar-refractivity contribution >= 4 is 28.2 Å². The molecule has 1 aromatic rings. The summed E-state index contributed by atoms with van der Waals surface area (Å²) in [6.45, 7) is 1.11. The number of benzene rings is 1. The first kappa shape index (κ1) is 14.6. The summed E-state index contributed by atoms with van der Waals surface area (Å²) in [5, 5.41) is 3.71. The summed E-state index contributed by atoms with van der Waals surface area (Å²) in [5.41, 5.74) is 0.936. The molecule has 1 heterocycles. The lowest BCUT2D eigenvalue weighted by molar-refractivity contribution is 0.155. The van der Waals surface area contributed by atoms with Crippen molar-refractivity contribution in [2.24, 2.45) is 5.16 Å². The first-order valence-corrected chi connectivity index (χ1v) is 6.96. The highest BCUT2D eigenvalue weighted by Gasteiger charge is 2.19. The van der Waals surface area contributed by atoms with Crippen LogP contribution >= 0.6 is 15.9 Å². The summed E-state index contributed by atoms with van der Waals surface area (Å²) in [6, 6.07) is 7.15. The van der Waals surface area contributed by atoms with Gasteiger partial charge in [0.15, 0.2) is 0 Å². The van der Waals surface area contributed by atoms with E-state index in [9.17, 15) is 4.79 Å². The summed E-state index contributed by atoms with van der Waals surface area (Å²) < 4.78 is 6.27. The van der Waals surface area contributed by atoms with E-state index < -0.39 is 0 Å². The van der Waals surface area contributed by atoms with Crippen LogP contribution in [-0.4, -0.2) is 37.4 Å². The molecule has 0 aromatic heterocycles. The van der Waals surface area contributed by atoms with Gasteiger partial charge < -0.3 is 14.5 Å². The van der Waals surface area contributed by atoms with Crippen LogP contribution in [0.25, 0.3) is 0 Å². The van der Waals surface area contributed by atoms with E-state index in [4.69, 9.17) is 4.74 Å². The van der Waals surface area contributed by atoms with E-state index in [1.54, 1.807) is 23.2 Å². The minimum absolute atomic E-state index is 0.358. The molecule has 0 saturated heterocycles. The smallest absolute Gasteiger partial charge is 0.410 e. The van der Waals surface area contributed by atoms with E-state index in [1.165, 1.54) is 7.11 Å². The van der Waals surface area contributed by atoms with Gasteiger partial charge in [0.05, 0.1) is 12.8 Å². The van der Waals surface area contributed by atoms with E-state index in [2.05, 4.69) is 25.9 Å². The molecule has 1 aliphatic rings. The normalized spacial score (nSPS) is 15.1. The molecule has 0 saturated carbocycles. The van der Waals surface area contributed by atoms with E-state index in [0.717, 1.165) is 16.5 Å². The van der Waals surface area contributed by atoms with Crippen molar-refractivity contribution in [3.63, 3.8) is 0 Å². The Morgan fingerprint density at radius 2 is 2.15 bits per heavy atom. The van der Waals surface area contributed by atoms with Crippen LogP contribution in [0.15, 0.2) is 45.5 Å². The molecule has 2 rings (SSSR count). The maximum atomic E-state index is 12.1. The SMILES string of the molecule is CON=CC1=CCCN(C(=O)Oc2ccc(Br)cc2)C1. The highest BCUT2D eigenvalue weighted by Crippen LogP contribution is 2.18. The van der Waals surface area contributed by atoms with Gasteiger partial charge in [0.1, 0.15) is 12.9 Å². The minimum Gasteiger partial charge on any atom is -0.410 e. The van der Waals surface area contributed by atoms with E-state index in [-0.39, 0.29) is 6.09 Å². The summed E-state index contributed by atoms with van der Waals surface area (Å²) in [5.74, 6) is 0.528. The largest absolute Gasteiger partial charge is 0.415 e. The fraction of sp³-hybridized carbons (Fsp3) is 0.286. The predicted molar refractivity (Wildman–Crippen MR) is 79.9 cm³/mol. The standard InChI is InChI=1S/C14H15BrN2O3/c1-19-16-9-11-3-2-8-17(10-11)14(18)20-13-6-4-12(15)5-7-13/h3-7,9H,2,8,10H2,1H3. The molecule has 1 aliphatic heterocycles. The number of rotatable bonds is 3. The Morgan fingerprint density at radius 1 is 1.40 bits per heavy atom. The van der Waals surface area contributed by atoms with Crippen LogP contribution in [0.4, 0.5) is 4.79 Å². The van der Waals surface area contributed by atoms with Crippen molar-refractivity contribution in [2.45, 2.75) is 6.42 Å². The molecule has 0 bridgehead atoms. The van der Waals surface area contributed by atoms with Crippen molar-refractivity contribution in [3.8, 4) is 5.75 Å². The van der Waals surface area contributed by atoms with Crippen LogP contribution in [0, 0.1) is 0 Å². The number of ether oxygens (including phenoxy) is 1. The Labute approximate surface area is 126 Å². The van der Waals surface area contributed by atoms with E-state index in [0.29, 0.717) is 18.8 Å². The maximum absolute atomic E-state index is 12.1. The third kappa shape index (κ3) is 4.09. The molecule has 0 N–H and O–H groups in total. The second kappa shape index (κ2) is 7.09. The number of nitrogens with zero attached hydrogens (tertiary/aromatic N) is 2. The Morgan fingerprint density at radius 3 is 2.85 bits per heavy atom. The van der Waals surface area contributed by atoms with Gasteiger partial charge in [-0.1, -0.05) is 27.2 Å². The Hall–Kier alpha value is -1.82. The fourth-order valence-electron chi connectivity index (χ4n) is 1.81. The number of halogens is 1. The first-order chi connectivity index (χ1) is 9.69. The van der Waals surface area contributed by atoms with Crippen molar-refractivity contribution < 1.29 is 14.4 Å². The van der Waals surface area contributed by atoms with Crippen molar-refractivity contribution in [3.05, 3.63) is 40.4 Å². The maximum Gasteiger partial charge on any atom is 0.415 e. The molecule has 106 valence electrons. The van der Waals surface area contributed by atoms with E-state index >= 15 is 0 Å². The van der Waals surface area contributed by atoms with Crippen LogP contribution in [0.5, 0.6) is 5.75 Å². The quantitative estimate of drug-likeness (QED) is 0.628.